The SMILES string of the molecule is CC(C#N)CC(C)C(F)F. The summed E-state index contributed by atoms with van der Waals surface area (Å²) in [6.45, 7) is 3.11. The topological polar surface area (TPSA) is 23.8 Å². The fraction of sp³-hybridized carbons (Fsp3) is 0.857. The molecule has 0 amide bonds. The van der Waals surface area contributed by atoms with Gasteiger partial charge >= 0.3 is 0 Å². The van der Waals surface area contributed by atoms with E-state index in [1.54, 1.807) is 6.92 Å². The van der Waals surface area contributed by atoms with E-state index in [9.17, 15) is 8.78 Å². The summed E-state index contributed by atoms with van der Waals surface area (Å²) in [5.41, 5.74) is 0. The Morgan fingerprint density at radius 1 is 1.40 bits per heavy atom. The summed E-state index contributed by atoms with van der Waals surface area (Å²) in [5, 5.41) is 8.27. The highest BCUT2D eigenvalue weighted by molar-refractivity contribution is 4.80. The van der Waals surface area contributed by atoms with Gasteiger partial charge in [0.2, 0.25) is 6.43 Å². The van der Waals surface area contributed by atoms with Gasteiger partial charge in [-0.3, -0.25) is 0 Å². The third-order valence-electron chi connectivity index (χ3n) is 1.38. The van der Waals surface area contributed by atoms with Crippen LogP contribution in [0, 0.1) is 23.2 Å². The minimum atomic E-state index is -2.30. The average Bonchev–Trinajstić information content (AvgIpc) is 1.87. The quantitative estimate of drug-likeness (QED) is 0.601. The van der Waals surface area contributed by atoms with E-state index in [2.05, 4.69) is 0 Å². The minimum Gasteiger partial charge on any atom is -0.210 e. The Kier molecular flexibility index (Phi) is 3.94. The highest BCUT2D eigenvalue weighted by Gasteiger charge is 2.16. The van der Waals surface area contributed by atoms with Crippen LogP contribution in [0.1, 0.15) is 20.3 Å². The fourth-order valence-electron chi connectivity index (χ4n) is 0.713. The Morgan fingerprint density at radius 2 is 1.90 bits per heavy atom. The van der Waals surface area contributed by atoms with Crippen LogP contribution in [0.15, 0.2) is 0 Å². The van der Waals surface area contributed by atoms with Gasteiger partial charge in [0.15, 0.2) is 0 Å². The van der Waals surface area contributed by atoms with Crippen molar-refractivity contribution in [2.45, 2.75) is 26.7 Å². The molecule has 1 nitrogen and oxygen atoms in total. The number of hydrogen-bond acceptors (Lipinski definition) is 1. The average molecular weight is 147 g/mol. The lowest BCUT2D eigenvalue weighted by molar-refractivity contribution is 0.0775. The van der Waals surface area contributed by atoms with Crippen LogP contribution < -0.4 is 0 Å². The van der Waals surface area contributed by atoms with Gasteiger partial charge in [0.1, 0.15) is 0 Å². The summed E-state index contributed by atoms with van der Waals surface area (Å²) in [5.74, 6) is -0.918. The highest BCUT2D eigenvalue weighted by Crippen LogP contribution is 2.17. The molecule has 58 valence electrons. The Labute approximate surface area is 59.7 Å². The predicted octanol–water partition coefficient (Wildman–Crippen LogP) is 2.44. The van der Waals surface area contributed by atoms with Crippen molar-refractivity contribution in [1.82, 2.24) is 0 Å². The van der Waals surface area contributed by atoms with Gasteiger partial charge in [-0.25, -0.2) is 8.78 Å². The molecule has 0 aromatic heterocycles. The summed E-state index contributed by atoms with van der Waals surface area (Å²) in [6.07, 6.45) is -2.01. The molecule has 0 rings (SSSR count). The summed E-state index contributed by atoms with van der Waals surface area (Å²) >= 11 is 0. The maximum Gasteiger partial charge on any atom is 0.241 e. The number of nitriles is 1. The smallest absolute Gasteiger partial charge is 0.210 e. The van der Waals surface area contributed by atoms with Gasteiger partial charge in [-0.05, 0) is 13.3 Å². The Balaban J connectivity index is 3.59. The number of hydrogen-bond donors (Lipinski definition) is 0. The minimum absolute atomic E-state index is 0.260. The molecule has 2 atom stereocenters. The van der Waals surface area contributed by atoms with E-state index in [1.165, 1.54) is 6.92 Å². The number of alkyl halides is 2. The van der Waals surface area contributed by atoms with Gasteiger partial charge in [0, 0.05) is 11.8 Å². The molecule has 0 radical (unpaired) electrons. The van der Waals surface area contributed by atoms with Crippen molar-refractivity contribution in [1.29, 1.82) is 5.26 Å². The Bertz CT molecular complexity index is 128. The predicted molar refractivity (Wildman–Crippen MR) is 34.6 cm³/mol. The third kappa shape index (κ3) is 3.39. The first-order valence-corrected chi connectivity index (χ1v) is 3.25. The first kappa shape index (κ1) is 9.35. The third-order valence-corrected chi connectivity index (χ3v) is 1.38. The molecule has 0 aliphatic heterocycles. The zero-order valence-corrected chi connectivity index (χ0v) is 6.14. The van der Waals surface area contributed by atoms with Gasteiger partial charge in [-0.2, -0.15) is 5.26 Å². The second-order valence-corrected chi connectivity index (χ2v) is 2.58. The van der Waals surface area contributed by atoms with Crippen molar-refractivity contribution in [3.05, 3.63) is 0 Å². The highest BCUT2D eigenvalue weighted by atomic mass is 19.3. The van der Waals surface area contributed by atoms with Crippen LogP contribution in [-0.4, -0.2) is 6.43 Å². The van der Waals surface area contributed by atoms with Crippen molar-refractivity contribution in [2.24, 2.45) is 11.8 Å². The Morgan fingerprint density at radius 3 is 2.20 bits per heavy atom. The van der Waals surface area contributed by atoms with Crippen LogP contribution in [0.2, 0.25) is 0 Å². The van der Waals surface area contributed by atoms with E-state index < -0.39 is 12.3 Å². The molecule has 0 N–H and O–H groups in total. The summed E-state index contributed by atoms with van der Waals surface area (Å²) in [6, 6.07) is 1.92. The molecule has 0 spiro atoms. The lowest BCUT2D eigenvalue weighted by atomic mass is 9.99. The standard InChI is InChI=1S/C7H11F2N/c1-5(4-10)3-6(2)7(8)9/h5-7H,3H2,1-2H3. The normalized spacial score (nSPS) is 16.4. The van der Waals surface area contributed by atoms with Crippen LogP contribution in [0.3, 0.4) is 0 Å². The van der Waals surface area contributed by atoms with Crippen LogP contribution in [0.4, 0.5) is 8.78 Å². The number of rotatable bonds is 3. The van der Waals surface area contributed by atoms with Crippen LogP contribution in [-0.2, 0) is 0 Å². The molecular weight excluding hydrogens is 136 g/mol. The molecule has 0 aliphatic carbocycles. The van der Waals surface area contributed by atoms with E-state index in [0.717, 1.165) is 0 Å². The van der Waals surface area contributed by atoms with Crippen LogP contribution in [0.5, 0.6) is 0 Å². The van der Waals surface area contributed by atoms with Crippen LogP contribution >= 0.6 is 0 Å². The fourth-order valence-corrected chi connectivity index (χ4v) is 0.713. The van der Waals surface area contributed by atoms with E-state index in [4.69, 9.17) is 5.26 Å². The van der Waals surface area contributed by atoms with Gasteiger partial charge in [-0.15, -0.1) is 0 Å². The summed E-state index contributed by atoms with van der Waals surface area (Å²) in [4.78, 5) is 0. The van der Waals surface area contributed by atoms with E-state index in [0.29, 0.717) is 0 Å². The maximum atomic E-state index is 11.8. The van der Waals surface area contributed by atoms with E-state index >= 15 is 0 Å². The molecule has 0 heterocycles. The lowest BCUT2D eigenvalue weighted by Crippen LogP contribution is -2.09. The van der Waals surface area contributed by atoms with Gasteiger partial charge < -0.3 is 0 Å². The van der Waals surface area contributed by atoms with Gasteiger partial charge in [0.25, 0.3) is 0 Å². The second kappa shape index (κ2) is 4.21. The van der Waals surface area contributed by atoms with Crippen molar-refractivity contribution in [3.63, 3.8) is 0 Å². The molecule has 0 aromatic rings. The molecular formula is C7H11F2N. The van der Waals surface area contributed by atoms with Gasteiger partial charge in [0.05, 0.1) is 6.07 Å². The van der Waals surface area contributed by atoms with Crippen molar-refractivity contribution in [2.75, 3.05) is 0 Å². The van der Waals surface area contributed by atoms with Crippen molar-refractivity contribution in [3.8, 4) is 6.07 Å². The van der Waals surface area contributed by atoms with Crippen molar-refractivity contribution >= 4 is 0 Å². The Hall–Kier alpha value is -0.650. The monoisotopic (exact) mass is 147 g/mol. The maximum absolute atomic E-state index is 11.8. The molecule has 0 aromatic carbocycles. The zero-order chi connectivity index (χ0) is 8.15. The van der Waals surface area contributed by atoms with E-state index in [1.807, 2.05) is 6.07 Å². The van der Waals surface area contributed by atoms with Crippen LogP contribution in [0.25, 0.3) is 0 Å². The molecule has 0 bridgehead atoms. The molecule has 0 saturated heterocycles. The van der Waals surface area contributed by atoms with Gasteiger partial charge in [-0.1, -0.05) is 6.92 Å². The second-order valence-electron chi connectivity index (χ2n) is 2.58. The molecule has 0 fully saturated rings. The molecule has 0 aliphatic rings. The summed E-state index contributed by atoms with van der Waals surface area (Å²) in [7, 11) is 0. The first-order chi connectivity index (χ1) is 4.57. The number of halogens is 2. The van der Waals surface area contributed by atoms with Crippen molar-refractivity contribution < 1.29 is 8.78 Å². The number of nitrogens with zero attached hydrogens (tertiary/aromatic N) is 1. The van der Waals surface area contributed by atoms with E-state index in [-0.39, 0.29) is 12.3 Å². The molecule has 0 saturated carbocycles. The summed E-state index contributed by atoms with van der Waals surface area (Å²) < 4.78 is 23.6. The first-order valence-electron chi connectivity index (χ1n) is 3.25. The largest absolute Gasteiger partial charge is 0.241 e. The molecule has 2 unspecified atom stereocenters. The zero-order valence-electron chi connectivity index (χ0n) is 6.14. The molecule has 10 heavy (non-hydrogen) atoms. The molecule has 3 heteroatoms. The lowest BCUT2D eigenvalue weighted by Gasteiger charge is -2.09.